The lowest BCUT2D eigenvalue weighted by atomic mass is 10.0. The molecule has 3 heteroatoms. The maximum Gasteiger partial charge on any atom is 0.210 e. The van der Waals surface area contributed by atoms with Crippen LogP contribution in [-0.4, -0.2) is 12.3 Å². The number of benzene rings is 1. The number of fused-ring (bicyclic) bond motifs is 1. The van der Waals surface area contributed by atoms with Crippen LogP contribution in [0.25, 0.3) is 0 Å². The van der Waals surface area contributed by atoms with E-state index in [1.54, 1.807) is 0 Å². The van der Waals surface area contributed by atoms with Gasteiger partial charge in [-0.1, -0.05) is 49.2 Å². The quantitative estimate of drug-likeness (QED) is 0.768. The summed E-state index contributed by atoms with van der Waals surface area (Å²) in [7, 11) is 0. The van der Waals surface area contributed by atoms with Gasteiger partial charge in [0, 0.05) is 16.6 Å². The highest BCUT2D eigenvalue weighted by Crippen LogP contribution is 2.36. The molecule has 18 heavy (non-hydrogen) atoms. The third-order valence-electron chi connectivity index (χ3n) is 3.68. The molecule has 0 saturated heterocycles. The van der Waals surface area contributed by atoms with Crippen molar-refractivity contribution in [3.05, 3.63) is 40.5 Å². The van der Waals surface area contributed by atoms with Gasteiger partial charge in [-0.05, 0) is 24.1 Å². The van der Waals surface area contributed by atoms with Gasteiger partial charge in [-0.2, -0.15) is 0 Å². The minimum absolute atomic E-state index is 0.0530. The number of Topliss-reactive ketones (excluding diaryl/α,β-unsaturated/α-hetero) is 1. The summed E-state index contributed by atoms with van der Waals surface area (Å²) in [4.78, 5) is 14.2. The molecule has 0 fully saturated rings. The summed E-state index contributed by atoms with van der Waals surface area (Å²) in [5.74, 6) is 0.654. The summed E-state index contributed by atoms with van der Waals surface area (Å²) in [5, 5.41) is 0. The normalized spacial score (nSPS) is 14.6. The molecule has 0 amide bonds. The number of halogens is 1. The van der Waals surface area contributed by atoms with Crippen LogP contribution in [0.4, 0.5) is 5.69 Å². The number of hydrogen-bond acceptors (Lipinski definition) is 2. The van der Waals surface area contributed by atoms with Crippen molar-refractivity contribution in [2.24, 2.45) is 5.92 Å². The predicted molar refractivity (Wildman–Crippen MR) is 79.0 cm³/mol. The number of allylic oxidation sites excluding steroid dienone is 1. The van der Waals surface area contributed by atoms with Gasteiger partial charge in [-0.15, -0.1) is 0 Å². The molecule has 0 saturated carbocycles. The molecule has 1 aliphatic heterocycles. The number of carbonyl (C=O) groups is 1. The molecule has 0 aliphatic carbocycles. The van der Waals surface area contributed by atoms with Crippen molar-refractivity contribution < 1.29 is 4.79 Å². The fraction of sp³-hybridized carbons (Fsp3) is 0.400. The van der Waals surface area contributed by atoms with E-state index in [4.69, 9.17) is 0 Å². The Hall–Kier alpha value is -1.09. The van der Waals surface area contributed by atoms with Crippen LogP contribution < -0.4 is 4.90 Å². The maximum absolute atomic E-state index is 12.2. The predicted octanol–water partition coefficient (Wildman–Crippen LogP) is 4.40. The number of nitrogens with zero attached hydrogens (tertiary/aromatic N) is 1. The Balaban J connectivity index is 2.34. The number of carbonyl (C=O) groups excluding carboxylic acids is 1. The first-order chi connectivity index (χ1) is 8.58. The number of anilines is 1. The van der Waals surface area contributed by atoms with Crippen LogP contribution in [-0.2, 0) is 0 Å². The van der Waals surface area contributed by atoms with E-state index in [1.807, 2.05) is 18.2 Å². The Morgan fingerprint density at radius 3 is 2.61 bits per heavy atom. The molecule has 1 heterocycles. The van der Waals surface area contributed by atoms with Crippen LogP contribution in [0.2, 0.25) is 0 Å². The van der Waals surface area contributed by atoms with Gasteiger partial charge in [0.15, 0.2) is 0 Å². The third kappa shape index (κ3) is 2.24. The number of rotatable bonds is 4. The van der Waals surface area contributed by atoms with Gasteiger partial charge in [0.25, 0.3) is 0 Å². The van der Waals surface area contributed by atoms with Crippen molar-refractivity contribution in [2.75, 3.05) is 11.4 Å². The Kier molecular flexibility index (Phi) is 3.91. The standard InChI is InChI=1S/C15H18BrNO/c1-4-11(5-2)9-17-10(3)15(18)13-8-12(16)6-7-14(13)17/h6-8,11H,3-5,9H2,1-2H3. The average Bonchev–Trinajstić information content (AvgIpc) is 2.60. The molecule has 0 radical (unpaired) electrons. The minimum Gasteiger partial charge on any atom is -0.338 e. The fourth-order valence-corrected chi connectivity index (χ4v) is 2.72. The second-order valence-electron chi connectivity index (χ2n) is 4.73. The van der Waals surface area contributed by atoms with E-state index in [9.17, 15) is 4.79 Å². The van der Waals surface area contributed by atoms with Gasteiger partial charge in [0.05, 0.1) is 11.4 Å². The molecule has 0 unspecified atom stereocenters. The highest BCUT2D eigenvalue weighted by atomic mass is 79.9. The molecule has 96 valence electrons. The Morgan fingerprint density at radius 2 is 2.00 bits per heavy atom. The van der Waals surface area contributed by atoms with Crippen LogP contribution in [0.1, 0.15) is 37.0 Å². The van der Waals surface area contributed by atoms with Gasteiger partial charge in [0.1, 0.15) is 0 Å². The van der Waals surface area contributed by atoms with Crippen molar-refractivity contribution in [3.8, 4) is 0 Å². The summed E-state index contributed by atoms with van der Waals surface area (Å²) in [5.41, 5.74) is 2.37. The lowest BCUT2D eigenvalue weighted by molar-refractivity contribution is 0.103. The molecule has 0 atom stereocenters. The number of ketones is 1. The minimum atomic E-state index is 0.0530. The largest absolute Gasteiger partial charge is 0.338 e. The molecule has 1 aromatic carbocycles. The van der Waals surface area contributed by atoms with Crippen LogP contribution in [0, 0.1) is 5.92 Å². The van der Waals surface area contributed by atoms with Gasteiger partial charge in [0.2, 0.25) is 5.78 Å². The van der Waals surface area contributed by atoms with Crippen molar-refractivity contribution in [2.45, 2.75) is 26.7 Å². The Labute approximate surface area is 117 Å². The van der Waals surface area contributed by atoms with E-state index in [-0.39, 0.29) is 5.78 Å². The second-order valence-corrected chi connectivity index (χ2v) is 5.65. The summed E-state index contributed by atoms with van der Waals surface area (Å²) in [6, 6.07) is 5.86. The molecule has 1 aromatic rings. The lowest BCUT2D eigenvalue weighted by Gasteiger charge is -2.24. The van der Waals surface area contributed by atoms with Crippen LogP contribution in [0.3, 0.4) is 0 Å². The fourth-order valence-electron chi connectivity index (χ4n) is 2.36. The average molecular weight is 308 g/mol. The van der Waals surface area contributed by atoms with Gasteiger partial charge < -0.3 is 4.90 Å². The van der Waals surface area contributed by atoms with Crippen molar-refractivity contribution >= 4 is 27.4 Å². The molecule has 0 bridgehead atoms. The smallest absolute Gasteiger partial charge is 0.210 e. The van der Waals surface area contributed by atoms with E-state index in [0.717, 1.165) is 35.1 Å². The summed E-state index contributed by atoms with van der Waals surface area (Å²) in [6.45, 7) is 9.21. The van der Waals surface area contributed by atoms with Gasteiger partial charge in [-0.25, -0.2) is 0 Å². The topological polar surface area (TPSA) is 20.3 Å². The lowest BCUT2D eigenvalue weighted by Crippen LogP contribution is -2.26. The van der Waals surface area contributed by atoms with E-state index < -0.39 is 0 Å². The summed E-state index contributed by atoms with van der Waals surface area (Å²) >= 11 is 3.41. The van der Waals surface area contributed by atoms with Crippen molar-refractivity contribution in [1.29, 1.82) is 0 Å². The zero-order valence-electron chi connectivity index (χ0n) is 10.9. The molecule has 1 aliphatic rings. The zero-order valence-corrected chi connectivity index (χ0v) is 12.5. The monoisotopic (exact) mass is 307 g/mol. The molecule has 0 aromatic heterocycles. The first kappa shape index (κ1) is 13.3. The second kappa shape index (κ2) is 5.27. The highest BCUT2D eigenvalue weighted by Gasteiger charge is 2.31. The van der Waals surface area contributed by atoms with Gasteiger partial charge >= 0.3 is 0 Å². The molecular weight excluding hydrogens is 290 g/mol. The van der Waals surface area contributed by atoms with Crippen molar-refractivity contribution in [3.63, 3.8) is 0 Å². The third-order valence-corrected chi connectivity index (χ3v) is 4.17. The highest BCUT2D eigenvalue weighted by molar-refractivity contribution is 9.10. The van der Waals surface area contributed by atoms with E-state index in [0.29, 0.717) is 11.6 Å². The Bertz CT molecular complexity index is 491. The molecule has 0 N–H and O–H groups in total. The van der Waals surface area contributed by atoms with Crippen LogP contribution in [0.15, 0.2) is 34.9 Å². The van der Waals surface area contributed by atoms with Gasteiger partial charge in [-0.3, -0.25) is 4.79 Å². The van der Waals surface area contributed by atoms with E-state index in [1.165, 1.54) is 0 Å². The van der Waals surface area contributed by atoms with Crippen molar-refractivity contribution in [1.82, 2.24) is 0 Å². The van der Waals surface area contributed by atoms with E-state index in [2.05, 4.69) is 41.3 Å². The molecule has 0 spiro atoms. The molecule has 2 rings (SSSR count). The first-order valence-corrected chi connectivity index (χ1v) is 7.18. The molecule has 2 nitrogen and oxygen atoms in total. The number of hydrogen-bond donors (Lipinski definition) is 0. The summed E-state index contributed by atoms with van der Waals surface area (Å²) < 4.78 is 0.937. The zero-order chi connectivity index (χ0) is 13.3. The molecular formula is C15H18BrNO. The van der Waals surface area contributed by atoms with Crippen LogP contribution >= 0.6 is 15.9 Å². The summed E-state index contributed by atoms with van der Waals surface area (Å²) in [6.07, 6.45) is 2.25. The maximum atomic E-state index is 12.2. The SMILES string of the molecule is C=C1C(=O)c2cc(Br)ccc2N1CC(CC)CC. The van der Waals surface area contributed by atoms with E-state index >= 15 is 0 Å². The van der Waals surface area contributed by atoms with Crippen LogP contribution in [0.5, 0.6) is 0 Å². The Morgan fingerprint density at radius 1 is 1.33 bits per heavy atom. The first-order valence-electron chi connectivity index (χ1n) is 6.39.